The van der Waals surface area contributed by atoms with Crippen molar-refractivity contribution in [2.24, 2.45) is 0 Å². The van der Waals surface area contributed by atoms with Crippen molar-refractivity contribution in [3.8, 4) is 0 Å². The quantitative estimate of drug-likeness (QED) is 0.838. The summed E-state index contributed by atoms with van der Waals surface area (Å²) >= 11 is 0. The van der Waals surface area contributed by atoms with Crippen molar-refractivity contribution >= 4 is 17.8 Å². The molecule has 0 atom stereocenters. The van der Waals surface area contributed by atoms with Crippen molar-refractivity contribution < 1.29 is 9.90 Å². The lowest BCUT2D eigenvalue weighted by molar-refractivity contribution is -0.111. The molecule has 1 amide bonds. The number of hydrogen-bond donors (Lipinski definition) is 2. The van der Waals surface area contributed by atoms with Crippen LogP contribution in [0.5, 0.6) is 0 Å². The van der Waals surface area contributed by atoms with E-state index in [9.17, 15) is 4.79 Å². The molecule has 0 bridgehead atoms. The first-order chi connectivity index (χ1) is 9.67. The van der Waals surface area contributed by atoms with E-state index in [-0.39, 0.29) is 12.5 Å². The average Bonchev–Trinajstić information content (AvgIpc) is 2.47. The number of hydrogen-bond acceptors (Lipinski definition) is 3. The SMILES string of the molecule is Cc1ccc(/C=C/C(=O)Nc2ccc(CO)cn2)cc1. The van der Waals surface area contributed by atoms with Gasteiger partial charge in [0.05, 0.1) is 6.61 Å². The standard InChI is InChI=1S/C16H16N2O2/c1-12-2-4-13(5-3-12)7-9-16(20)18-15-8-6-14(11-19)10-17-15/h2-10,19H,11H2,1H3,(H,17,18,20)/b9-7+. The van der Waals surface area contributed by atoms with Crippen LogP contribution in [-0.2, 0) is 11.4 Å². The Labute approximate surface area is 117 Å². The van der Waals surface area contributed by atoms with Crippen LogP contribution in [0.25, 0.3) is 6.08 Å². The zero-order chi connectivity index (χ0) is 14.4. The lowest BCUT2D eigenvalue weighted by Gasteiger charge is -2.02. The van der Waals surface area contributed by atoms with Crippen molar-refractivity contribution in [3.05, 3.63) is 65.4 Å². The van der Waals surface area contributed by atoms with Crippen LogP contribution in [0.1, 0.15) is 16.7 Å². The van der Waals surface area contributed by atoms with Gasteiger partial charge in [-0.25, -0.2) is 4.98 Å². The van der Waals surface area contributed by atoms with Crippen LogP contribution in [0.15, 0.2) is 48.7 Å². The van der Waals surface area contributed by atoms with Crippen LogP contribution in [0.2, 0.25) is 0 Å². The molecule has 0 fully saturated rings. The monoisotopic (exact) mass is 268 g/mol. The van der Waals surface area contributed by atoms with Crippen LogP contribution < -0.4 is 5.32 Å². The summed E-state index contributed by atoms with van der Waals surface area (Å²) in [5.74, 6) is 0.218. The number of aliphatic hydroxyl groups excluding tert-OH is 1. The Morgan fingerprint density at radius 1 is 1.25 bits per heavy atom. The second-order valence-electron chi connectivity index (χ2n) is 4.44. The maximum absolute atomic E-state index is 11.7. The Bertz CT molecular complexity index is 601. The summed E-state index contributed by atoms with van der Waals surface area (Å²) in [6, 6.07) is 11.3. The summed E-state index contributed by atoms with van der Waals surface area (Å²) in [4.78, 5) is 15.8. The summed E-state index contributed by atoms with van der Waals surface area (Å²) in [5, 5.41) is 11.6. The molecule has 1 heterocycles. The normalized spacial score (nSPS) is 10.7. The first-order valence-electron chi connectivity index (χ1n) is 6.29. The number of anilines is 1. The number of carbonyl (C=O) groups is 1. The van der Waals surface area contributed by atoms with Crippen molar-refractivity contribution in [2.45, 2.75) is 13.5 Å². The van der Waals surface area contributed by atoms with Crippen LogP contribution in [-0.4, -0.2) is 16.0 Å². The van der Waals surface area contributed by atoms with Gasteiger partial charge in [0, 0.05) is 12.3 Å². The molecule has 2 aromatic rings. The number of aromatic nitrogens is 1. The molecule has 102 valence electrons. The lowest BCUT2D eigenvalue weighted by atomic mass is 10.1. The van der Waals surface area contributed by atoms with Crippen LogP contribution in [0.3, 0.4) is 0 Å². The average molecular weight is 268 g/mol. The second kappa shape index (κ2) is 6.63. The lowest BCUT2D eigenvalue weighted by Crippen LogP contribution is -2.09. The predicted molar refractivity (Wildman–Crippen MR) is 79.0 cm³/mol. The molecule has 0 aliphatic carbocycles. The van der Waals surface area contributed by atoms with E-state index >= 15 is 0 Å². The van der Waals surface area contributed by atoms with E-state index in [4.69, 9.17) is 5.11 Å². The fourth-order valence-electron chi connectivity index (χ4n) is 1.61. The molecule has 0 radical (unpaired) electrons. The molecular weight excluding hydrogens is 252 g/mol. The summed E-state index contributed by atoms with van der Waals surface area (Å²) < 4.78 is 0. The minimum atomic E-state index is -0.241. The van der Waals surface area contributed by atoms with Gasteiger partial charge in [0.2, 0.25) is 5.91 Å². The molecule has 1 aromatic heterocycles. The topological polar surface area (TPSA) is 62.2 Å². The van der Waals surface area contributed by atoms with Gasteiger partial charge < -0.3 is 10.4 Å². The molecule has 4 heteroatoms. The number of nitrogens with zero attached hydrogens (tertiary/aromatic N) is 1. The Balaban J connectivity index is 1.96. The van der Waals surface area contributed by atoms with E-state index in [2.05, 4.69) is 10.3 Å². The molecule has 0 saturated carbocycles. The number of aliphatic hydroxyl groups is 1. The molecule has 0 aliphatic heterocycles. The highest BCUT2D eigenvalue weighted by Crippen LogP contribution is 2.07. The fourth-order valence-corrected chi connectivity index (χ4v) is 1.61. The van der Waals surface area contributed by atoms with Crippen molar-refractivity contribution in [3.63, 3.8) is 0 Å². The highest BCUT2D eigenvalue weighted by molar-refractivity contribution is 6.01. The van der Waals surface area contributed by atoms with Crippen LogP contribution in [0.4, 0.5) is 5.82 Å². The van der Waals surface area contributed by atoms with Gasteiger partial charge >= 0.3 is 0 Å². The van der Waals surface area contributed by atoms with E-state index < -0.39 is 0 Å². The highest BCUT2D eigenvalue weighted by Gasteiger charge is 1.99. The van der Waals surface area contributed by atoms with Crippen LogP contribution in [0, 0.1) is 6.92 Å². The molecule has 0 aliphatic rings. The molecule has 2 rings (SSSR count). The van der Waals surface area contributed by atoms with E-state index in [1.54, 1.807) is 18.2 Å². The maximum Gasteiger partial charge on any atom is 0.249 e. The van der Waals surface area contributed by atoms with Gasteiger partial charge in [-0.3, -0.25) is 4.79 Å². The Hall–Kier alpha value is -2.46. The minimum Gasteiger partial charge on any atom is -0.392 e. The van der Waals surface area contributed by atoms with Gasteiger partial charge in [0.25, 0.3) is 0 Å². The predicted octanol–water partition coefficient (Wildman–Crippen LogP) is 2.53. The third-order valence-electron chi connectivity index (χ3n) is 2.76. The molecule has 0 spiro atoms. The fraction of sp³-hybridized carbons (Fsp3) is 0.125. The molecular formula is C16H16N2O2. The first kappa shape index (κ1) is 14.0. The summed E-state index contributed by atoms with van der Waals surface area (Å²) in [5.41, 5.74) is 2.85. The first-order valence-corrected chi connectivity index (χ1v) is 6.29. The third-order valence-corrected chi connectivity index (χ3v) is 2.76. The second-order valence-corrected chi connectivity index (χ2v) is 4.44. The highest BCUT2D eigenvalue weighted by atomic mass is 16.3. The van der Waals surface area contributed by atoms with E-state index in [0.29, 0.717) is 11.4 Å². The van der Waals surface area contributed by atoms with Crippen LogP contribution >= 0.6 is 0 Å². The molecule has 20 heavy (non-hydrogen) atoms. The molecule has 0 saturated heterocycles. The zero-order valence-corrected chi connectivity index (χ0v) is 11.2. The molecule has 2 N–H and O–H groups in total. The molecule has 0 unspecified atom stereocenters. The third kappa shape index (κ3) is 4.03. The molecule has 1 aromatic carbocycles. The van der Waals surface area contributed by atoms with Crippen molar-refractivity contribution in [1.29, 1.82) is 0 Å². The summed E-state index contributed by atoms with van der Waals surface area (Å²) in [6.45, 7) is 1.95. The minimum absolute atomic E-state index is 0.0610. The van der Waals surface area contributed by atoms with Gasteiger partial charge in [-0.15, -0.1) is 0 Å². The van der Waals surface area contributed by atoms with Gasteiger partial charge in [0.1, 0.15) is 5.82 Å². The van der Waals surface area contributed by atoms with Crippen molar-refractivity contribution in [1.82, 2.24) is 4.98 Å². The summed E-state index contributed by atoms with van der Waals surface area (Å²) in [7, 11) is 0. The Morgan fingerprint density at radius 2 is 2.00 bits per heavy atom. The van der Waals surface area contributed by atoms with Gasteiger partial charge in [-0.05, 0) is 30.2 Å². The number of benzene rings is 1. The number of amides is 1. The number of aryl methyl sites for hydroxylation is 1. The largest absolute Gasteiger partial charge is 0.392 e. The van der Waals surface area contributed by atoms with E-state index in [0.717, 1.165) is 5.56 Å². The number of carbonyl (C=O) groups excluding carboxylic acids is 1. The maximum atomic E-state index is 11.7. The van der Waals surface area contributed by atoms with Gasteiger partial charge in [0.15, 0.2) is 0 Å². The van der Waals surface area contributed by atoms with Crippen molar-refractivity contribution in [2.75, 3.05) is 5.32 Å². The van der Waals surface area contributed by atoms with Gasteiger partial charge in [-0.2, -0.15) is 0 Å². The van der Waals surface area contributed by atoms with Gasteiger partial charge in [-0.1, -0.05) is 35.9 Å². The Kier molecular flexibility index (Phi) is 4.63. The molecule has 4 nitrogen and oxygen atoms in total. The summed E-state index contributed by atoms with van der Waals surface area (Å²) in [6.07, 6.45) is 4.74. The zero-order valence-electron chi connectivity index (χ0n) is 11.2. The van der Waals surface area contributed by atoms with E-state index in [1.165, 1.54) is 17.8 Å². The number of pyridine rings is 1. The smallest absolute Gasteiger partial charge is 0.249 e. The Morgan fingerprint density at radius 3 is 2.60 bits per heavy atom. The number of nitrogens with one attached hydrogen (secondary N) is 1. The van der Waals surface area contributed by atoms with E-state index in [1.807, 2.05) is 31.2 Å². The number of rotatable bonds is 4.